The van der Waals surface area contributed by atoms with Crippen LogP contribution in [-0.2, 0) is 17.8 Å². The van der Waals surface area contributed by atoms with Crippen LogP contribution in [0.3, 0.4) is 0 Å². The van der Waals surface area contributed by atoms with Crippen molar-refractivity contribution in [3.8, 4) is 0 Å². The molecule has 3 heteroatoms. The third-order valence-corrected chi connectivity index (χ3v) is 3.92. The minimum Gasteiger partial charge on any atom is -0.381 e. The predicted octanol–water partition coefficient (Wildman–Crippen LogP) is 2.41. The van der Waals surface area contributed by atoms with Gasteiger partial charge in [-0.3, -0.25) is 4.90 Å². The summed E-state index contributed by atoms with van der Waals surface area (Å²) in [6.07, 6.45) is 2.32. The van der Waals surface area contributed by atoms with E-state index >= 15 is 0 Å². The molecule has 0 aromatic heterocycles. The first-order valence-corrected chi connectivity index (χ1v) is 7.36. The molecule has 1 aliphatic rings. The van der Waals surface area contributed by atoms with Crippen LogP contribution in [0.2, 0.25) is 0 Å². The SMILES string of the molecule is CCNCc1ccccc1CN(C)C1CCOCC1. The van der Waals surface area contributed by atoms with E-state index in [1.165, 1.54) is 11.1 Å². The Morgan fingerprint density at radius 2 is 1.89 bits per heavy atom. The van der Waals surface area contributed by atoms with Crippen molar-refractivity contribution in [1.29, 1.82) is 0 Å². The summed E-state index contributed by atoms with van der Waals surface area (Å²) in [4.78, 5) is 2.48. The smallest absolute Gasteiger partial charge is 0.0480 e. The van der Waals surface area contributed by atoms with E-state index in [1.54, 1.807) is 0 Å². The van der Waals surface area contributed by atoms with Gasteiger partial charge in [0.05, 0.1) is 0 Å². The second kappa shape index (κ2) is 7.63. The molecule has 0 bridgehead atoms. The molecule has 19 heavy (non-hydrogen) atoms. The first kappa shape index (κ1) is 14.5. The maximum atomic E-state index is 5.44. The molecular formula is C16H26N2O. The molecule has 1 heterocycles. The standard InChI is InChI=1S/C16H26N2O/c1-3-17-12-14-6-4-5-7-15(14)13-18(2)16-8-10-19-11-9-16/h4-7,16-17H,3,8-13H2,1-2H3. The number of benzene rings is 1. The summed E-state index contributed by atoms with van der Waals surface area (Å²) in [6, 6.07) is 9.42. The minimum absolute atomic E-state index is 0.668. The number of nitrogens with zero attached hydrogens (tertiary/aromatic N) is 1. The quantitative estimate of drug-likeness (QED) is 0.852. The maximum absolute atomic E-state index is 5.44. The Morgan fingerprint density at radius 1 is 1.21 bits per heavy atom. The molecule has 0 aliphatic carbocycles. The van der Waals surface area contributed by atoms with Gasteiger partial charge in [-0.2, -0.15) is 0 Å². The highest BCUT2D eigenvalue weighted by atomic mass is 16.5. The van der Waals surface area contributed by atoms with Gasteiger partial charge >= 0.3 is 0 Å². The topological polar surface area (TPSA) is 24.5 Å². The molecule has 0 unspecified atom stereocenters. The van der Waals surface area contributed by atoms with E-state index in [4.69, 9.17) is 4.74 Å². The lowest BCUT2D eigenvalue weighted by Crippen LogP contribution is -2.36. The molecule has 3 nitrogen and oxygen atoms in total. The molecule has 1 saturated heterocycles. The second-order valence-corrected chi connectivity index (χ2v) is 5.31. The highest BCUT2D eigenvalue weighted by Gasteiger charge is 2.18. The fourth-order valence-corrected chi connectivity index (χ4v) is 2.67. The van der Waals surface area contributed by atoms with Crippen molar-refractivity contribution in [3.05, 3.63) is 35.4 Å². The van der Waals surface area contributed by atoms with Gasteiger partial charge < -0.3 is 10.1 Å². The Bertz CT molecular complexity index is 375. The first-order valence-electron chi connectivity index (χ1n) is 7.36. The summed E-state index contributed by atoms with van der Waals surface area (Å²) in [6.45, 7) is 6.99. The van der Waals surface area contributed by atoms with Crippen LogP contribution in [0.25, 0.3) is 0 Å². The number of nitrogens with one attached hydrogen (secondary N) is 1. The fourth-order valence-electron chi connectivity index (χ4n) is 2.67. The maximum Gasteiger partial charge on any atom is 0.0480 e. The lowest BCUT2D eigenvalue weighted by Gasteiger charge is -2.31. The monoisotopic (exact) mass is 262 g/mol. The van der Waals surface area contributed by atoms with Gasteiger partial charge in [-0.15, -0.1) is 0 Å². The zero-order chi connectivity index (χ0) is 13.5. The Balaban J connectivity index is 1.96. The third-order valence-electron chi connectivity index (χ3n) is 3.92. The molecule has 0 atom stereocenters. The van der Waals surface area contributed by atoms with Crippen LogP contribution in [0, 0.1) is 0 Å². The summed E-state index contributed by atoms with van der Waals surface area (Å²) < 4.78 is 5.44. The molecule has 1 aromatic rings. The van der Waals surface area contributed by atoms with E-state index in [0.29, 0.717) is 6.04 Å². The second-order valence-electron chi connectivity index (χ2n) is 5.31. The van der Waals surface area contributed by atoms with Crippen molar-refractivity contribution >= 4 is 0 Å². The zero-order valence-corrected chi connectivity index (χ0v) is 12.2. The largest absolute Gasteiger partial charge is 0.381 e. The lowest BCUT2D eigenvalue weighted by atomic mass is 10.0. The van der Waals surface area contributed by atoms with Crippen molar-refractivity contribution < 1.29 is 4.74 Å². The van der Waals surface area contributed by atoms with Crippen LogP contribution in [0.5, 0.6) is 0 Å². The van der Waals surface area contributed by atoms with Crippen LogP contribution < -0.4 is 5.32 Å². The molecule has 1 aliphatic heterocycles. The van der Waals surface area contributed by atoms with E-state index in [1.807, 2.05) is 0 Å². The molecule has 0 saturated carbocycles. The first-order chi connectivity index (χ1) is 9.31. The summed E-state index contributed by atoms with van der Waals surface area (Å²) in [5.74, 6) is 0. The fraction of sp³-hybridized carbons (Fsp3) is 0.625. The van der Waals surface area contributed by atoms with Crippen molar-refractivity contribution in [2.75, 3.05) is 26.8 Å². The van der Waals surface area contributed by atoms with Gasteiger partial charge in [-0.05, 0) is 37.6 Å². The van der Waals surface area contributed by atoms with Crippen molar-refractivity contribution in [2.24, 2.45) is 0 Å². The van der Waals surface area contributed by atoms with Gasteiger partial charge in [0.25, 0.3) is 0 Å². The van der Waals surface area contributed by atoms with Gasteiger partial charge in [-0.1, -0.05) is 31.2 Å². The van der Waals surface area contributed by atoms with Crippen LogP contribution in [-0.4, -0.2) is 37.7 Å². The van der Waals surface area contributed by atoms with E-state index in [9.17, 15) is 0 Å². The molecule has 0 spiro atoms. The average Bonchev–Trinajstić information content (AvgIpc) is 2.47. The Labute approximate surface area is 116 Å². The third kappa shape index (κ3) is 4.30. The van der Waals surface area contributed by atoms with E-state index in [2.05, 4.69) is 48.5 Å². The molecular weight excluding hydrogens is 236 g/mol. The number of hydrogen-bond donors (Lipinski definition) is 1. The molecule has 1 aromatic carbocycles. The van der Waals surface area contributed by atoms with E-state index < -0.39 is 0 Å². The normalized spacial score (nSPS) is 17.0. The van der Waals surface area contributed by atoms with Crippen LogP contribution in [0.15, 0.2) is 24.3 Å². The lowest BCUT2D eigenvalue weighted by molar-refractivity contribution is 0.0406. The Hall–Kier alpha value is -0.900. The highest BCUT2D eigenvalue weighted by Crippen LogP contribution is 2.17. The summed E-state index contributed by atoms with van der Waals surface area (Å²) >= 11 is 0. The zero-order valence-electron chi connectivity index (χ0n) is 12.2. The van der Waals surface area contributed by atoms with Crippen LogP contribution in [0.4, 0.5) is 0 Å². The molecule has 0 radical (unpaired) electrons. The Kier molecular flexibility index (Phi) is 5.83. The van der Waals surface area contributed by atoms with Gasteiger partial charge in [-0.25, -0.2) is 0 Å². The van der Waals surface area contributed by atoms with Crippen molar-refractivity contribution in [1.82, 2.24) is 10.2 Å². The van der Waals surface area contributed by atoms with E-state index in [-0.39, 0.29) is 0 Å². The molecule has 106 valence electrons. The Morgan fingerprint density at radius 3 is 2.58 bits per heavy atom. The van der Waals surface area contributed by atoms with Crippen molar-refractivity contribution in [2.45, 2.75) is 38.9 Å². The predicted molar refractivity (Wildman–Crippen MR) is 79.1 cm³/mol. The van der Waals surface area contributed by atoms with Gasteiger partial charge in [0.1, 0.15) is 0 Å². The van der Waals surface area contributed by atoms with Gasteiger partial charge in [0, 0.05) is 32.3 Å². The van der Waals surface area contributed by atoms with Crippen molar-refractivity contribution in [3.63, 3.8) is 0 Å². The number of ether oxygens (including phenoxy) is 1. The number of hydrogen-bond acceptors (Lipinski definition) is 3. The highest BCUT2D eigenvalue weighted by molar-refractivity contribution is 5.27. The van der Waals surface area contributed by atoms with Gasteiger partial charge in [0.15, 0.2) is 0 Å². The van der Waals surface area contributed by atoms with Gasteiger partial charge in [0.2, 0.25) is 0 Å². The minimum atomic E-state index is 0.668. The van der Waals surface area contributed by atoms with Crippen LogP contribution >= 0.6 is 0 Å². The van der Waals surface area contributed by atoms with Crippen LogP contribution in [0.1, 0.15) is 30.9 Å². The summed E-state index contributed by atoms with van der Waals surface area (Å²) in [5.41, 5.74) is 2.86. The average molecular weight is 262 g/mol. The molecule has 1 N–H and O–H groups in total. The molecule has 1 fully saturated rings. The molecule has 0 amide bonds. The number of rotatable bonds is 6. The van der Waals surface area contributed by atoms with E-state index in [0.717, 1.165) is 45.7 Å². The molecule has 2 rings (SSSR count). The summed E-state index contributed by atoms with van der Waals surface area (Å²) in [7, 11) is 2.24. The summed E-state index contributed by atoms with van der Waals surface area (Å²) in [5, 5.41) is 3.42.